The van der Waals surface area contributed by atoms with Crippen molar-refractivity contribution in [3.05, 3.63) is 59.7 Å². The highest BCUT2D eigenvalue weighted by Gasteiger charge is 2.26. The van der Waals surface area contributed by atoms with Crippen LogP contribution in [-0.4, -0.2) is 48.4 Å². The molecule has 0 bridgehead atoms. The monoisotopic (exact) mass is 391 g/mol. The maximum Gasteiger partial charge on any atom is 0.241 e. The molecule has 6 nitrogen and oxygen atoms in total. The molecule has 0 spiro atoms. The van der Waals surface area contributed by atoms with Gasteiger partial charge >= 0.3 is 0 Å². The first-order valence-corrected chi connectivity index (χ1v) is 10.6. The number of rotatable bonds is 7. The molecule has 146 valence electrons. The Hall–Kier alpha value is -1.93. The zero-order chi connectivity index (χ0) is 19.3. The van der Waals surface area contributed by atoms with Gasteiger partial charge in [-0.15, -0.1) is 0 Å². The van der Waals surface area contributed by atoms with Crippen molar-refractivity contribution >= 4 is 10.0 Å². The molecular weight excluding hydrogens is 364 g/mol. The van der Waals surface area contributed by atoms with E-state index in [4.69, 9.17) is 9.47 Å². The summed E-state index contributed by atoms with van der Waals surface area (Å²) in [4.78, 5) is 1.57. The highest BCUT2D eigenvalue weighted by atomic mass is 32.2. The van der Waals surface area contributed by atoms with Gasteiger partial charge in [-0.25, -0.2) is 8.42 Å². The number of hydrogen-bond donors (Lipinski definition) is 2. The predicted molar refractivity (Wildman–Crippen MR) is 104 cm³/mol. The number of methoxy groups -OCH3 is 1. The van der Waals surface area contributed by atoms with Crippen molar-refractivity contribution in [2.75, 3.05) is 40.0 Å². The summed E-state index contributed by atoms with van der Waals surface area (Å²) in [5.74, 6) is 0.627. The molecule has 1 heterocycles. The van der Waals surface area contributed by atoms with Crippen LogP contribution in [0.5, 0.6) is 5.75 Å². The topological polar surface area (TPSA) is 69.1 Å². The van der Waals surface area contributed by atoms with Crippen molar-refractivity contribution in [1.29, 1.82) is 0 Å². The van der Waals surface area contributed by atoms with E-state index in [2.05, 4.69) is 4.72 Å². The normalized spacial score (nSPS) is 16.8. The number of morpholine rings is 1. The van der Waals surface area contributed by atoms with Crippen molar-refractivity contribution in [1.82, 2.24) is 4.72 Å². The van der Waals surface area contributed by atoms with Gasteiger partial charge in [-0.1, -0.05) is 29.8 Å². The van der Waals surface area contributed by atoms with Crippen LogP contribution in [0, 0.1) is 6.92 Å². The maximum atomic E-state index is 12.9. The Morgan fingerprint density at radius 2 is 1.70 bits per heavy atom. The molecule has 1 atom stereocenters. The second kappa shape index (κ2) is 8.84. The van der Waals surface area contributed by atoms with Crippen LogP contribution in [0.2, 0.25) is 0 Å². The molecule has 0 radical (unpaired) electrons. The second-order valence-electron chi connectivity index (χ2n) is 6.83. The summed E-state index contributed by atoms with van der Waals surface area (Å²) in [6, 6.07) is 14.2. The van der Waals surface area contributed by atoms with Crippen LogP contribution in [0.15, 0.2) is 53.4 Å². The minimum Gasteiger partial charge on any atom is -0.497 e. The number of quaternary nitrogens is 1. The molecule has 0 saturated carbocycles. The Morgan fingerprint density at radius 3 is 2.30 bits per heavy atom. The molecule has 1 saturated heterocycles. The van der Waals surface area contributed by atoms with Crippen molar-refractivity contribution < 1.29 is 22.8 Å². The van der Waals surface area contributed by atoms with Gasteiger partial charge in [0.15, 0.2) is 0 Å². The second-order valence-corrected chi connectivity index (χ2v) is 8.54. The van der Waals surface area contributed by atoms with E-state index < -0.39 is 10.0 Å². The Balaban J connectivity index is 1.83. The number of benzene rings is 2. The first-order chi connectivity index (χ1) is 13.0. The fourth-order valence-electron chi connectivity index (χ4n) is 3.19. The summed E-state index contributed by atoms with van der Waals surface area (Å²) < 4.78 is 39.3. The van der Waals surface area contributed by atoms with E-state index in [0.29, 0.717) is 25.5 Å². The van der Waals surface area contributed by atoms with E-state index in [1.807, 2.05) is 31.2 Å². The van der Waals surface area contributed by atoms with E-state index in [-0.39, 0.29) is 10.9 Å². The Kier molecular flexibility index (Phi) is 6.49. The highest BCUT2D eigenvalue weighted by molar-refractivity contribution is 7.89. The molecule has 1 aliphatic heterocycles. The van der Waals surface area contributed by atoms with Gasteiger partial charge in [-0.05, 0) is 36.8 Å². The molecule has 2 N–H and O–H groups in total. The molecule has 0 aromatic heterocycles. The summed E-state index contributed by atoms with van der Waals surface area (Å²) in [5.41, 5.74) is 2.12. The maximum absolute atomic E-state index is 12.9. The van der Waals surface area contributed by atoms with Crippen molar-refractivity contribution in [2.24, 2.45) is 0 Å². The lowest BCUT2D eigenvalue weighted by atomic mass is 10.1. The lowest BCUT2D eigenvalue weighted by Gasteiger charge is -2.28. The minimum atomic E-state index is -3.64. The third kappa shape index (κ3) is 5.29. The molecule has 2 aromatic carbocycles. The van der Waals surface area contributed by atoms with Crippen molar-refractivity contribution in [3.8, 4) is 5.75 Å². The fraction of sp³-hybridized carbons (Fsp3) is 0.400. The molecule has 2 aromatic rings. The van der Waals surface area contributed by atoms with Gasteiger partial charge in [-0.2, -0.15) is 4.72 Å². The average Bonchev–Trinajstić information content (AvgIpc) is 2.69. The predicted octanol–water partition coefficient (Wildman–Crippen LogP) is 0.938. The molecule has 1 fully saturated rings. The zero-order valence-electron chi connectivity index (χ0n) is 15.8. The van der Waals surface area contributed by atoms with Crippen LogP contribution in [-0.2, 0) is 14.8 Å². The summed E-state index contributed by atoms with van der Waals surface area (Å²) in [5, 5.41) is 0. The van der Waals surface area contributed by atoms with Gasteiger partial charge < -0.3 is 14.4 Å². The first-order valence-electron chi connectivity index (χ1n) is 9.12. The third-order valence-corrected chi connectivity index (χ3v) is 6.33. The lowest BCUT2D eigenvalue weighted by molar-refractivity contribution is -0.909. The number of ether oxygens (including phenoxy) is 2. The molecule has 0 unspecified atom stereocenters. The van der Waals surface area contributed by atoms with Crippen molar-refractivity contribution in [3.63, 3.8) is 0 Å². The van der Waals surface area contributed by atoms with Crippen LogP contribution in [0.4, 0.5) is 0 Å². The van der Waals surface area contributed by atoms with Crippen LogP contribution in [0.25, 0.3) is 0 Å². The van der Waals surface area contributed by atoms with Gasteiger partial charge in [0, 0.05) is 0 Å². The van der Waals surface area contributed by atoms with Gasteiger partial charge in [0.05, 0.1) is 37.8 Å². The van der Waals surface area contributed by atoms with Crippen LogP contribution < -0.4 is 14.4 Å². The first kappa shape index (κ1) is 19.8. The van der Waals surface area contributed by atoms with E-state index >= 15 is 0 Å². The Morgan fingerprint density at radius 1 is 1.07 bits per heavy atom. The highest BCUT2D eigenvalue weighted by Crippen LogP contribution is 2.19. The SMILES string of the molecule is COc1ccc(S(=O)(=O)N[C@@H](C[NH+]2CCOCC2)c2ccc(C)cc2)cc1. The third-order valence-electron chi connectivity index (χ3n) is 4.84. The van der Waals surface area contributed by atoms with E-state index in [1.165, 1.54) is 4.90 Å². The smallest absolute Gasteiger partial charge is 0.241 e. The van der Waals surface area contributed by atoms with Gasteiger partial charge in [0.2, 0.25) is 10.0 Å². The number of hydrogen-bond acceptors (Lipinski definition) is 4. The molecular formula is C20H27N2O4S+. The quantitative estimate of drug-likeness (QED) is 0.737. The fourth-order valence-corrected chi connectivity index (χ4v) is 4.41. The average molecular weight is 392 g/mol. The minimum absolute atomic E-state index is 0.234. The zero-order valence-corrected chi connectivity index (χ0v) is 16.6. The largest absolute Gasteiger partial charge is 0.497 e. The van der Waals surface area contributed by atoms with Gasteiger partial charge in [0.25, 0.3) is 0 Å². The molecule has 7 heteroatoms. The lowest BCUT2D eigenvalue weighted by Crippen LogP contribution is -3.14. The summed E-state index contributed by atoms with van der Waals surface area (Å²) in [6.45, 7) is 5.89. The van der Waals surface area contributed by atoms with E-state index in [1.54, 1.807) is 31.4 Å². The van der Waals surface area contributed by atoms with Crippen LogP contribution in [0.3, 0.4) is 0 Å². The molecule has 27 heavy (non-hydrogen) atoms. The molecule has 3 rings (SSSR count). The van der Waals surface area contributed by atoms with E-state index in [9.17, 15) is 8.42 Å². The summed E-state index contributed by atoms with van der Waals surface area (Å²) in [7, 11) is -2.09. The molecule has 0 amide bonds. The van der Waals surface area contributed by atoms with Crippen molar-refractivity contribution in [2.45, 2.75) is 17.9 Å². The molecule has 1 aliphatic rings. The van der Waals surface area contributed by atoms with Crippen LogP contribution in [0.1, 0.15) is 17.2 Å². The van der Waals surface area contributed by atoms with Gasteiger partial charge in [-0.3, -0.25) is 0 Å². The summed E-state index contributed by atoms with van der Waals surface area (Å²) in [6.07, 6.45) is 0. The van der Waals surface area contributed by atoms with Crippen LogP contribution >= 0.6 is 0 Å². The standard InChI is InChI=1S/C20H26N2O4S/c1-16-3-5-17(6-4-16)20(15-22-11-13-26-14-12-22)21-27(23,24)19-9-7-18(25-2)8-10-19/h3-10,20-21H,11-15H2,1-2H3/p+1/t20-/m0/s1. The number of aryl methyl sites for hydroxylation is 1. The van der Waals surface area contributed by atoms with Gasteiger partial charge in [0.1, 0.15) is 18.8 Å². The Labute approximate surface area is 161 Å². The summed E-state index contributed by atoms with van der Waals surface area (Å²) >= 11 is 0. The Bertz CT molecular complexity index is 829. The number of sulfonamides is 1. The van der Waals surface area contributed by atoms with E-state index in [0.717, 1.165) is 24.2 Å². The molecule has 0 aliphatic carbocycles. The number of nitrogens with one attached hydrogen (secondary N) is 2.